The maximum Gasteiger partial charge on any atom is 0.330 e. The molecule has 8 heteroatoms. The summed E-state index contributed by atoms with van der Waals surface area (Å²) in [7, 11) is 0. The molecule has 0 aliphatic carbocycles. The molecule has 0 saturated heterocycles. The summed E-state index contributed by atoms with van der Waals surface area (Å²) in [6.45, 7) is -2.04. The fourth-order valence-corrected chi connectivity index (χ4v) is 1.16. The zero-order chi connectivity index (χ0) is 13.8. The lowest BCUT2D eigenvalue weighted by molar-refractivity contribution is -0.170. The van der Waals surface area contributed by atoms with Crippen LogP contribution in [0, 0.1) is 0 Å². The number of alkyl halides is 4. The maximum absolute atomic E-state index is 12.5. The van der Waals surface area contributed by atoms with Crippen LogP contribution in [-0.2, 0) is 4.74 Å². The van der Waals surface area contributed by atoms with E-state index in [0.717, 1.165) is 0 Å². The van der Waals surface area contributed by atoms with E-state index in [2.05, 4.69) is 9.72 Å². The summed E-state index contributed by atoms with van der Waals surface area (Å²) in [5.41, 5.74) is 5.91. The Morgan fingerprint density at radius 1 is 1.44 bits per heavy atom. The van der Waals surface area contributed by atoms with Gasteiger partial charge in [-0.25, -0.2) is 8.78 Å². The lowest BCUT2D eigenvalue weighted by atomic mass is 10.1. The van der Waals surface area contributed by atoms with E-state index in [9.17, 15) is 22.7 Å². The second-order valence-electron chi connectivity index (χ2n) is 3.60. The summed E-state index contributed by atoms with van der Waals surface area (Å²) < 4.78 is 52.9. The zero-order valence-electron chi connectivity index (χ0n) is 9.19. The molecule has 1 aromatic rings. The smallest absolute Gasteiger partial charge is 0.330 e. The number of ether oxygens (including phenoxy) is 1. The molecule has 0 bridgehead atoms. The van der Waals surface area contributed by atoms with Gasteiger partial charge in [-0.05, 0) is 6.07 Å². The van der Waals surface area contributed by atoms with Crippen molar-refractivity contribution in [2.75, 3.05) is 18.9 Å². The van der Waals surface area contributed by atoms with Gasteiger partial charge in [0.25, 0.3) is 0 Å². The number of nitrogens with two attached hydrogens (primary N) is 1. The second kappa shape index (κ2) is 5.96. The van der Waals surface area contributed by atoms with E-state index in [0.29, 0.717) is 0 Å². The molecule has 0 aliphatic rings. The van der Waals surface area contributed by atoms with Crippen molar-refractivity contribution in [3.63, 3.8) is 0 Å². The number of aromatic nitrogens is 1. The highest BCUT2D eigenvalue weighted by Crippen LogP contribution is 2.24. The minimum absolute atomic E-state index is 0.192. The number of hydrogen-bond acceptors (Lipinski definition) is 4. The number of aliphatic hydroxyl groups is 1. The van der Waals surface area contributed by atoms with Crippen LogP contribution in [0.5, 0.6) is 0 Å². The SMILES string of the molecule is Nc1ccncc1C(O)COCC(F)(F)C(F)F. The van der Waals surface area contributed by atoms with Crippen LogP contribution in [0.2, 0.25) is 0 Å². The Balaban J connectivity index is 2.48. The van der Waals surface area contributed by atoms with Crippen LogP contribution in [-0.4, -0.2) is 35.7 Å². The molecule has 1 heterocycles. The summed E-state index contributed by atoms with van der Waals surface area (Å²) in [5, 5.41) is 9.56. The van der Waals surface area contributed by atoms with Gasteiger partial charge in [-0.15, -0.1) is 0 Å². The molecule has 1 aromatic heterocycles. The number of rotatable bonds is 6. The van der Waals surface area contributed by atoms with Gasteiger partial charge in [-0.1, -0.05) is 0 Å². The van der Waals surface area contributed by atoms with Gasteiger partial charge in [-0.2, -0.15) is 8.78 Å². The van der Waals surface area contributed by atoms with Gasteiger partial charge in [0.05, 0.1) is 6.61 Å². The highest BCUT2D eigenvalue weighted by atomic mass is 19.3. The van der Waals surface area contributed by atoms with Crippen molar-refractivity contribution < 1.29 is 27.4 Å². The van der Waals surface area contributed by atoms with E-state index in [-0.39, 0.29) is 11.3 Å². The third kappa shape index (κ3) is 3.81. The molecule has 0 aromatic carbocycles. The van der Waals surface area contributed by atoms with Crippen molar-refractivity contribution in [1.82, 2.24) is 4.98 Å². The van der Waals surface area contributed by atoms with Crippen LogP contribution in [0.3, 0.4) is 0 Å². The molecule has 4 nitrogen and oxygen atoms in total. The molecule has 102 valence electrons. The Labute approximate surface area is 100 Å². The lowest BCUT2D eigenvalue weighted by Gasteiger charge is -2.17. The Hall–Kier alpha value is -1.41. The Morgan fingerprint density at radius 3 is 2.67 bits per heavy atom. The van der Waals surface area contributed by atoms with Gasteiger partial charge in [-0.3, -0.25) is 4.98 Å². The molecule has 0 fully saturated rings. The molecule has 1 unspecified atom stereocenters. The second-order valence-corrected chi connectivity index (χ2v) is 3.60. The van der Waals surface area contributed by atoms with E-state index in [1.165, 1.54) is 18.5 Å². The van der Waals surface area contributed by atoms with E-state index in [1.807, 2.05) is 0 Å². The van der Waals surface area contributed by atoms with Crippen LogP contribution in [0.15, 0.2) is 18.5 Å². The topological polar surface area (TPSA) is 68.4 Å². The van der Waals surface area contributed by atoms with Crippen molar-refractivity contribution >= 4 is 5.69 Å². The molecule has 0 radical (unpaired) electrons. The first-order chi connectivity index (χ1) is 8.34. The quantitative estimate of drug-likeness (QED) is 0.769. The summed E-state index contributed by atoms with van der Waals surface area (Å²) in [4.78, 5) is 3.69. The lowest BCUT2D eigenvalue weighted by Crippen LogP contribution is -2.33. The molecule has 3 N–H and O–H groups in total. The van der Waals surface area contributed by atoms with Gasteiger partial charge in [0.2, 0.25) is 0 Å². The Kier molecular flexibility index (Phi) is 4.85. The van der Waals surface area contributed by atoms with Crippen LogP contribution in [0.4, 0.5) is 23.2 Å². The van der Waals surface area contributed by atoms with Gasteiger partial charge >= 0.3 is 12.3 Å². The third-order valence-electron chi connectivity index (χ3n) is 2.14. The van der Waals surface area contributed by atoms with E-state index in [1.54, 1.807) is 0 Å². The first-order valence-electron chi connectivity index (χ1n) is 4.95. The van der Waals surface area contributed by atoms with Gasteiger partial charge < -0.3 is 15.6 Å². The molecule has 1 atom stereocenters. The first-order valence-corrected chi connectivity index (χ1v) is 4.95. The van der Waals surface area contributed by atoms with Gasteiger partial charge in [0.15, 0.2) is 0 Å². The fraction of sp³-hybridized carbons (Fsp3) is 0.500. The van der Waals surface area contributed by atoms with Crippen molar-refractivity contribution in [3.05, 3.63) is 24.0 Å². The Bertz CT molecular complexity index is 390. The van der Waals surface area contributed by atoms with E-state index >= 15 is 0 Å². The number of nitrogen functional groups attached to an aromatic ring is 1. The van der Waals surface area contributed by atoms with Crippen LogP contribution in [0.1, 0.15) is 11.7 Å². The fourth-order valence-electron chi connectivity index (χ4n) is 1.16. The van der Waals surface area contributed by atoms with Crippen LogP contribution in [0.25, 0.3) is 0 Å². The summed E-state index contributed by atoms with van der Waals surface area (Å²) in [6.07, 6.45) is -2.48. The number of halogens is 4. The van der Waals surface area contributed by atoms with E-state index < -0.39 is 31.7 Å². The number of nitrogens with zero attached hydrogens (tertiary/aromatic N) is 1. The average Bonchev–Trinajstić information content (AvgIpc) is 2.29. The molecule has 0 aliphatic heterocycles. The minimum Gasteiger partial charge on any atom is -0.398 e. The Morgan fingerprint density at radius 2 is 2.11 bits per heavy atom. The van der Waals surface area contributed by atoms with Crippen molar-refractivity contribution in [1.29, 1.82) is 0 Å². The molecular weight excluding hydrogens is 256 g/mol. The largest absolute Gasteiger partial charge is 0.398 e. The standard InChI is InChI=1S/C10H12F4N2O2/c11-9(12)10(13,14)5-18-4-8(17)6-3-16-2-1-7(6)15/h1-3,8-9,17H,4-5H2,(H2,15,16). The number of hydrogen-bond donors (Lipinski definition) is 2. The molecule has 0 amide bonds. The third-order valence-corrected chi connectivity index (χ3v) is 2.14. The molecule has 1 rings (SSSR count). The van der Waals surface area contributed by atoms with Gasteiger partial charge in [0, 0.05) is 23.6 Å². The molecule has 0 spiro atoms. The maximum atomic E-state index is 12.5. The minimum atomic E-state index is -4.24. The predicted octanol–water partition coefficient (Wildman–Crippen LogP) is 1.61. The van der Waals surface area contributed by atoms with Crippen LogP contribution >= 0.6 is 0 Å². The molecule has 0 saturated carbocycles. The van der Waals surface area contributed by atoms with Crippen molar-refractivity contribution in [2.24, 2.45) is 0 Å². The summed E-state index contributed by atoms with van der Waals surface area (Å²) in [5.74, 6) is -4.24. The van der Waals surface area contributed by atoms with Crippen LogP contribution < -0.4 is 5.73 Å². The number of aliphatic hydroxyl groups excluding tert-OH is 1. The average molecular weight is 268 g/mol. The summed E-state index contributed by atoms with van der Waals surface area (Å²) >= 11 is 0. The van der Waals surface area contributed by atoms with Crippen molar-refractivity contribution in [2.45, 2.75) is 18.5 Å². The van der Waals surface area contributed by atoms with Crippen molar-refractivity contribution in [3.8, 4) is 0 Å². The highest BCUT2D eigenvalue weighted by Gasteiger charge is 2.41. The molecule has 18 heavy (non-hydrogen) atoms. The first kappa shape index (κ1) is 14.7. The number of anilines is 1. The highest BCUT2D eigenvalue weighted by molar-refractivity contribution is 5.45. The molecular formula is C10H12F4N2O2. The van der Waals surface area contributed by atoms with Gasteiger partial charge in [0.1, 0.15) is 12.7 Å². The predicted molar refractivity (Wildman–Crippen MR) is 55.4 cm³/mol. The summed E-state index contributed by atoms with van der Waals surface area (Å²) in [6, 6.07) is 1.41. The number of pyridine rings is 1. The normalized spacial score (nSPS) is 13.9. The monoisotopic (exact) mass is 268 g/mol. The van der Waals surface area contributed by atoms with E-state index in [4.69, 9.17) is 5.73 Å². The zero-order valence-corrected chi connectivity index (χ0v) is 9.19.